The highest BCUT2D eigenvalue weighted by molar-refractivity contribution is 5.85. The second kappa shape index (κ2) is 8.12. The molecular formula is C13H23NO5. The first kappa shape index (κ1) is 15.9. The molecule has 0 aromatic heterocycles. The van der Waals surface area contributed by atoms with Crippen molar-refractivity contribution < 1.29 is 24.5 Å². The minimum absolute atomic E-state index is 0.0403. The maximum Gasteiger partial charge on any atom is 0.307 e. The predicted molar refractivity (Wildman–Crippen MR) is 68.6 cm³/mol. The molecule has 1 saturated carbocycles. The lowest BCUT2D eigenvalue weighted by atomic mass is 9.78. The van der Waals surface area contributed by atoms with Gasteiger partial charge in [0.25, 0.3) is 0 Å². The molecule has 1 aliphatic carbocycles. The zero-order valence-electron chi connectivity index (χ0n) is 11.3. The molecule has 3 atom stereocenters. The highest BCUT2D eigenvalue weighted by Gasteiger charge is 2.36. The smallest absolute Gasteiger partial charge is 0.307 e. The molecule has 0 saturated heterocycles. The summed E-state index contributed by atoms with van der Waals surface area (Å²) in [4.78, 5) is 23.3. The third-order valence-corrected chi connectivity index (χ3v) is 3.61. The van der Waals surface area contributed by atoms with Crippen molar-refractivity contribution in [2.24, 2.45) is 11.8 Å². The highest BCUT2D eigenvalue weighted by Crippen LogP contribution is 2.30. The molecule has 0 aromatic rings. The van der Waals surface area contributed by atoms with Crippen molar-refractivity contribution in [2.75, 3.05) is 20.3 Å². The molecule has 3 N–H and O–H groups in total. The van der Waals surface area contributed by atoms with Gasteiger partial charge in [0.15, 0.2) is 0 Å². The summed E-state index contributed by atoms with van der Waals surface area (Å²) in [5.41, 5.74) is 0. The first-order chi connectivity index (χ1) is 9.10. The number of amides is 1. The zero-order chi connectivity index (χ0) is 14.3. The van der Waals surface area contributed by atoms with Gasteiger partial charge >= 0.3 is 5.97 Å². The molecule has 6 nitrogen and oxygen atoms in total. The van der Waals surface area contributed by atoms with Gasteiger partial charge in [-0.3, -0.25) is 9.59 Å². The average molecular weight is 273 g/mol. The minimum atomic E-state index is -0.898. The summed E-state index contributed by atoms with van der Waals surface area (Å²) in [6.07, 6.45) is 3.32. The summed E-state index contributed by atoms with van der Waals surface area (Å²) in [6, 6.07) is -0.265. The molecule has 0 radical (unpaired) electrons. The van der Waals surface area contributed by atoms with Crippen LogP contribution in [0.15, 0.2) is 0 Å². The largest absolute Gasteiger partial charge is 0.481 e. The summed E-state index contributed by atoms with van der Waals surface area (Å²) in [7, 11) is 1.52. The Hall–Kier alpha value is -1.14. The molecule has 0 heterocycles. The Morgan fingerprint density at radius 2 is 1.95 bits per heavy atom. The van der Waals surface area contributed by atoms with Crippen LogP contribution in [0.3, 0.4) is 0 Å². The lowest BCUT2D eigenvalue weighted by Gasteiger charge is -2.29. The van der Waals surface area contributed by atoms with Crippen LogP contribution >= 0.6 is 0 Å². The molecule has 110 valence electrons. The normalized spacial score (nSPS) is 24.7. The summed E-state index contributed by atoms with van der Waals surface area (Å²) >= 11 is 0. The number of carboxylic acid groups (broad SMARTS) is 1. The van der Waals surface area contributed by atoms with Crippen molar-refractivity contribution in [1.29, 1.82) is 0 Å². The van der Waals surface area contributed by atoms with Crippen LogP contribution in [0.25, 0.3) is 0 Å². The fraction of sp³-hybridized carbons (Fsp3) is 0.846. The monoisotopic (exact) mass is 273 g/mol. The van der Waals surface area contributed by atoms with E-state index in [2.05, 4.69) is 5.32 Å². The molecule has 1 amide bonds. The molecule has 1 aliphatic rings. The van der Waals surface area contributed by atoms with Crippen molar-refractivity contribution in [1.82, 2.24) is 5.32 Å². The minimum Gasteiger partial charge on any atom is -0.481 e. The van der Waals surface area contributed by atoms with E-state index >= 15 is 0 Å². The number of hydrogen-bond acceptors (Lipinski definition) is 4. The third-order valence-electron chi connectivity index (χ3n) is 3.61. The Labute approximate surface area is 113 Å². The van der Waals surface area contributed by atoms with Crippen molar-refractivity contribution in [3.05, 3.63) is 0 Å². The van der Waals surface area contributed by atoms with E-state index in [9.17, 15) is 9.59 Å². The van der Waals surface area contributed by atoms with Crippen LogP contribution in [-0.2, 0) is 14.3 Å². The van der Waals surface area contributed by atoms with E-state index in [4.69, 9.17) is 14.9 Å². The summed E-state index contributed by atoms with van der Waals surface area (Å²) in [6.45, 7) is 0.276. The van der Waals surface area contributed by atoms with Gasteiger partial charge in [0.1, 0.15) is 0 Å². The number of methoxy groups -OCH3 is 1. The Morgan fingerprint density at radius 1 is 1.32 bits per heavy atom. The first-order valence-corrected chi connectivity index (χ1v) is 6.73. The maximum absolute atomic E-state index is 12.2. The number of aliphatic hydroxyl groups excluding tert-OH is 1. The van der Waals surface area contributed by atoms with E-state index in [0.29, 0.717) is 25.9 Å². The van der Waals surface area contributed by atoms with Crippen molar-refractivity contribution in [3.8, 4) is 0 Å². The number of aliphatic carboxylic acids is 1. The van der Waals surface area contributed by atoms with Gasteiger partial charge < -0.3 is 20.3 Å². The number of carboxylic acids is 1. The number of aliphatic hydroxyl groups is 1. The molecule has 1 rings (SSSR count). The molecule has 6 heteroatoms. The molecule has 0 bridgehead atoms. The maximum atomic E-state index is 12.2. The van der Waals surface area contributed by atoms with E-state index < -0.39 is 17.8 Å². The molecule has 0 aliphatic heterocycles. The molecule has 1 fully saturated rings. The second-order valence-corrected chi connectivity index (χ2v) is 5.01. The number of carbonyl (C=O) groups excluding carboxylic acids is 1. The van der Waals surface area contributed by atoms with E-state index in [1.165, 1.54) is 7.11 Å². The van der Waals surface area contributed by atoms with Gasteiger partial charge in [0.2, 0.25) is 5.91 Å². The topological polar surface area (TPSA) is 95.9 Å². The predicted octanol–water partition coefficient (Wildman–Crippen LogP) is 0.391. The Balaban J connectivity index is 2.60. The Morgan fingerprint density at radius 3 is 2.47 bits per heavy atom. The molecule has 19 heavy (non-hydrogen) atoms. The SMILES string of the molecule is COCC(CCO)NC(=O)C1CCCCC1C(=O)O. The second-order valence-electron chi connectivity index (χ2n) is 5.01. The van der Waals surface area contributed by atoms with Crippen LogP contribution in [0, 0.1) is 11.8 Å². The number of rotatable bonds is 7. The number of hydrogen-bond donors (Lipinski definition) is 3. The van der Waals surface area contributed by atoms with Gasteiger partial charge in [-0.15, -0.1) is 0 Å². The average Bonchev–Trinajstić information content (AvgIpc) is 2.39. The van der Waals surface area contributed by atoms with E-state index in [1.807, 2.05) is 0 Å². The van der Waals surface area contributed by atoms with Crippen LogP contribution in [0.4, 0.5) is 0 Å². The quantitative estimate of drug-likeness (QED) is 0.623. The molecule has 3 unspecified atom stereocenters. The number of nitrogens with one attached hydrogen (secondary N) is 1. The van der Waals surface area contributed by atoms with Crippen LogP contribution < -0.4 is 5.32 Å². The lowest BCUT2D eigenvalue weighted by Crippen LogP contribution is -2.45. The standard InChI is InChI=1S/C13H23NO5/c1-19-8-9(6-7-15)14-12(16)10-4-2-3-5-11(10)13(17)18/h9-11,15H,2-8H2,1H3,(H,14,16)(H,17,18). The lowest BCUT2D eigenvalue weighted by molar-refractivity contribution is -0.149. The molecular weight excluding hydrogens is 250 g/mol. The molecule has 0 spiro atoms. The van der Waals surface area contributed by atoms with E-state index in [0.717, 1.165) is 12.8 Å². The molecule has 0 aromatic carbocycles. The summed E-state index contributed by atoms with van der Waals surface area (Å²) < 4.78 is 4.98. The third kappa shape index (κ3) is 4.80. The van der Waals surface area contributed by atoms with E-state index in [1.54, 1.807) is 0 Å². The van der Waals surface area contributed by atoms with Crippen molar-refractivity contribution in [2.45, 2.75) is 38.1 Å². The van der Waals surface area contributed by atoms with Gasteiger partial charge in [0.05, 0.1) is 24.5 Å². The summed E-state index contributed by atoms with van der Waals surface area (Å²) in [5, 5.41) is 20.9. The Bertz CT molecular complexity index is 301. The number of ether oxygens (including phenoxy) is 1. The Kier molecular flexibility index (Phi) is 6.80. The van der Waals surface area contributed by atoms with Crippen molar-refractivity contribution in [3.63, 3.8) is 0 Å². The van der Waals surface area contributed by atoms with Crippen molar-refractivity contribution >= 4 is 11.9 Å². The van der Waals surface area contributed by atoms with Crippen LogP contribution in [0.5, 0.6) is 0 Å². The highest BCUT2D eigenvalue weighted by atomic mass is 16.5. The first-order valence-electron chi connectivity index (χ1n) is 6.73. The van der Waals surface area contributed by atoms with Crippen LogP contribution in [0.1, 0.15) is 32.1 Å². The van der Waals surface area contributed by atoms with Gasteiger partial charge in [-0.2, -0.15) is 0 Å². The van der Waals surface area contributed by atoms with Gasteiger partial charge in [-0.1, -0.05) is 12.8 Å². The fourth-order valence-corrected chi connectivity index (χ4v) is 2.60. The fourth-order valence-electron chi connectivity index (χ4n) is 2.60. The van der Waals surface area contributed by atoms with E-state index in [-0.39, 0.29) is 18.6 Å². The zero-order valence-corrected chi connectivity index (χ0v) is 11.3. The summed E-state index contributed by atoms with van der Waals surface area (Å²) in [5.74, 6) is -2.19. The van der Waals surface area contributed by atoms with Gasteiger partial charge in [-0.25, -0.2) is 0 Å². The van der Waals surface area contributed by atoms with Crippen LogP contribution in [-0.4, -0.2) is 48.5 Å². The van der Waals surface area contributed by atoms with Gasteiger partial charge in [-0.05, 0) is 19.3 Å². The number of carbonyl (C=O) groups is 2. The van der Waals surface area contributed by atoms with Crippen LogP contribution in [0.2, 0.25) is 0 Å². The van der Waals surface area contributed by atoms with Gasteiger partial charge in [0, 0.05) is 13.7 Å².